The van der Waals surface area contributed by atoms with Gasteiger partial charge in [0.05, 0.1) is 6.54 Å². The quantitative estimate of drug-likeness (QED) is 0.811. The van der Waals surface area contributed by atoms with Crippen molar-refractivity contribution in [2.45, 2.75) is 70.8 Å². The number of likely N-dealkylation sites (tertiary alicyclic amines) is 2. The maximum absolute atomic E-state index is 13.0. The summed E-state index contributed by atoms with van der Waals surface area (Å²) in [6.45, 7) is 7.67. The van der Waals surface area contributed by atoms with Crippen LogP contribution in [0, 0.1) is 5.41 Å². The van der Waals surface area contributed by atoms with Gasteiger partial charge in [-0.2, -0.15) is 0 Å². The van der Waals surface area contributed by atoms with Crippen molar-refractivity contribution in [2.24, 2.45) is 5.41 Å². The molecule has 1 aromatic rings. The van der Waals surface area contributed by atoms with Crippen molar-refractivity contribution in [1.29, 1.82) is 0 Å². The van der Waals surface area contributed by atoms with Crippen LogP contribution in [0.25, 0.3) is 0 Å². The van der Waals surface area contributed by atoms with Crippen LogP contribution >= 0.6 is 0 Å². The molecule has 0 radical (unpaired) electrons. The molecule has 1 unspecified atom stereocenters. The highest BCUT2D eigenvalue weighted by molar-refractivity contribution is 5.79. The Kier molecular flexibility index (Phi) is 5.30. The van der Waals surface area contributed by atoms with Crippen molar-refractivity contribution >= 4 is 5.91 Å². The Morgan fingerprint density at radius 3 is 2.62 bits per heavy atom. The number of carbonyl (C=O) groups excluding carboxylic acids is 1. The van der Waals surface area contributed by atoms with E-state index in [0.717, 1.165) is 45.0 Å². The lowest BCUT2D eigenvalue weighted by Gasteiger charge is -2.42. The highest BCUT2D eigenvalue weighted by Crippen LogP contribution is 2.55. The van der Waals surface area contributed by atoms with Crippen LogP contribution in [-0.2, 0) is 11.3 Å². The van der Waals surface area contributed by atoms with Gasteiger partial charge in [0, 0.05) is 25.6 Å². The zero-order chi connectivity index (χ0) is 18.0. The first kappa shape index (κ1) is 18.0. The molecular formula is C20H33N5O. The minimum absolute atomic E-state index is 0.257. The molecule has 4 rings (SSSR count). The number of aryl methyl sites for hydroxylation is 1. The number of hydrogen-bond acceptors (Lipinski definition) is 4. The summed E-state index contributed by atoms with van der Waals surface area (Å²) in [5.41, 5.74) is 0.257. The molecule has 1 aliphatic carbocycles. The number of nitrogens with zero attached hydrogens (tertiary/aromatic N) is 5. The van der Waals surface area contributed by atoms with E-state index in [1.54, 1.807) is 0 Å². The largest absolute Gasteiger partial charge is 0.340 e. The van der Waals surface area contributed by atoms with Gasteiger partial charge >= 0.3 is 0 Å². The summed E-state index contributed by atoms with van der Waals surface area (Å²) in [5.74, 6) is 1.79. The zero-order valence-electron chi connectivity index (χ0n) is 16.2. The second kappa shape index (κ2) is 7.67. The zero-order valence-corrected chi connectivity index (χ0v) is 16.2. The van der Waals surface area contributed by atoms with Gasteiger partial charge in [-0.1, -0.05) is 26.2 Å². The molecule has 3 fully saturated rings. The fourth-order valence-electron chi connectivity index (χ4n) is 5.18. The maximum Gasteiger partial charge on any atom is 0.236 e. The van der Waals surface area contributed by atoms with Crippen LogP contribution < -0.4 is 0 Å². The molecule has 0 bridgehead atoms. The topological polar surface area (TPSA) is 54.3 Å². The molecule has 3 heterocycles. The Morgan fingerprint density at radius 1 is 1.19 bits per heavy atom. The Labute approximate surface area is 156 Å². The average molecular weight is 360 g/mol. The van der Waals surface area contributed by atoms with Crippen LogP contribution in [-0.4, -0.2) is 63.2 Å². The predicted molar refractivity (Wildman–Crippen MR) is 101 cm³/mol. The predicted octanol–water partition coefficient (Wildman–Crippen LogP) is 2.66. The van der Waals surface area contributed by atoms with E-state index in [-0.39, 0.29) is 5.41 Å². The van der Waals surface area contributed by atoms with Crippen LogP contribution in [0.1, 0.15) is 70.0 Å². The van der Waals surface area contributed by atoms with Crippen molar-refractivity contribution in [3.05, 3.63) is 12.2 Å². The van der Waals surface area contributed by atoms with E-state index in [9.17, 15) is 4.79 Å². The molecule has 3 aliphatic rings. The molecule has 1 atom stereocenters. The number of amides is 1. The maximum atomic E-state index is 13.0. The molecule has 2 aliphatic heterocycles. The molecule has 6 nitrogen and oxygen atoms in total. The molecule has 1 saturated carbocycles. The van der Waals surface area contributed by atoms with Crippen LogP contribution in [0.2, 0.25) is 0 Å². The van der Waals surface area contributed by atoms with Crippen LogP contribution in [0.4, 0.5) is 0 Å². The molecule has 1 spiro atoms. The van der Waals surface area contributed by atoms with Crippen molar-refractivity contribution < 1.29 is 4.79 Å². The molecule has 0 N–H and O–H groups in total. The monoisotopic (exact) mass is 359 g/mol. The molecule has 1 amide bonds. The van der Waals surface area contributed by atoms with E-state index in [1.165, 1.54) is 44.9 Å². The third kappa shape index (κ3) is 3.40. The first-order valence-electron chi connectivity index (χ1n) is 10.6. The Bertz CT molecular complexity index is 615. The number of rotatable bonds is 5. The lowest BCUT2D eigenvalue weighted by molar-refractivity contribution is -0.132. The van der Waals surface area contributed by atoms with Gasteiger partial charge in [0.2, 0.25) is 5.91 Å². The minimum atomic E-state index is 0.257. The summed E-state index contributed by atoms with van der Waals surface area (Å²) in [4.78, 5) is 17.5. The first-order chi connectivity index (χ1) is 12.7. The third-order valence-corrected chi connectivity index (χ3v) is 6.83. The van der Waals surface area contributed by atoms with Crippen molar-refractivity contribution in [3.63, 3.8) is 0 Å². The number of carbonyl (C=O) groups is 1. The highest BCUT2D eigenvalue weighted by atomic mass is 16.2. The van der Waals surface area contributed by atoms with Gasteiger partial charge in [-0.15, -0.1) is 10.2 Å². The van der Waals surface area contributed by atoms with Gasteiger partial charge in [-0.3, -0.25) is 9.69 Å². The number of hydrogen-bond donors (Lipinski definition) is 0. The lowest BCUT2D eigenvalue weighted by Crippen LogP contribution is -2.42. The Morgan fingerprint density at radius 2 is 1.96 bits per heavy atom. The summed E-state index contributed by atoms with van der Waals surface area (Å²) in [7, 11) is 0. The summed E-state index contributed by atoms with van der Waals surface area (Å²) in [5, 5.41) is 8.66. The van der Waals surface area contributed by atoms with Crippen molar-refractivity contribution in [2.75, 3.05) is 32.7 Å². The standard InChI is InChI=1S/C20H33N5O/c1-2-10-24-16-21-22-19(24)17-13-25(15-20(17)8-7-9-20)18(26)14-23-11-5-3-4-6-12-23/h16-17H,2-15H2,1H3. The molecule has 144 valence electrons. The highest BCUT2D eigenvalue weighted by Gasteiger charge is 2.53. The van der Waals surface area contributed by atoms with E-state index in [0.29, 0.717) is 18.4 Å². The normalized spacial score (nSPS) is 26.0. The molecule has 2 saturated heterocycles. The van der Waals surface area contributed by atoms with Gasteiger partial charge in [-0.25, -0.2) is 0 Å². The summed E-state index contributed by atoms with van der Waals surface area (Å²) in [6.07, 6.45) is 11.8. The van der Waals surface area contributed by atoms with E-state index >= 15 is 0 Å². The summed E-state index contributed by atoms with van der Waals surface area (Å²) >= 11 is 0. The molecular weight excluding hydrogens is 326 g/mol. The molecule has 26 heavy (non-hydrogen) atoms. The molecule has 1 aromatic heterocycles. The van der Waals surface area contributed by atoms with Gasteiger partial charge in [-0.05, 0) is 50.6 Å². The van der Waals surface area contributed by atoms with E-state index in [1.807, 2.05) is 6.33 Å². The van der Waals surface area contributed by atoms with Crippen molar-refractivity contribution in [1.82, 2.24) is 24.6 Å². The molecule has 0 aromatic carbocycles. The average Bonchev–Trinajstić information content (AvgIpc) is 3.13. The Hall–Kier alpha value is -1.43. The summed E-state index contributed by atoms with van der Waals surface area (Å²) in [6, 6.07) is 0. The third-order valence-electron chi connectivity index (χ3n) is 6.83. The van der Waals surface area contributed by atoms with Gasteiger partial charge in [0.25, 0.3) is 0 Å². The fourth-order valence-corrected chi connectivity index (χ4v) is 5.18. The Balaban J connectivity index is 1.46. The first-order valence-corrected chi connectivity index (χ1v) is 10.6. The van der Waals surface area contributed by atoms with Crippen LogP contribution in [0.3, 0.4) is 0 Å². The van der Waals surface area contributed by atoms with Gasteiger partial charge < -0.3 is 9.47 Å². The summed E-state index contributed by atoms with van der Waals surface area (Å²) < 4.78 is 2.22. The van der Waals surface area contributed by atoms with Gasteiger partial charge in [0.1, 0.15) is 12.2 Å². The van der Waals surface area contributed by atoms with Crippen LogP contribution in [0.15, 0.2) is 6.33 Å². The van der Waals surface area contributed by atoms with E-state index in [2.05, 4.69) is 31.5 Å². The van der Waals surface area contributed by atoms with Crippen molar-refractivity contribution in [3.8, 4) is 0 Å². The molecule has 6 heteroatoms. The van der Waals surface area contributed by atoms with Crippen LogP contribution in [0.5, 0.6) is 0 Å². The van der Waals surface area contributed by atoms with Gasteiger partial charge in [0.15, 0.2) is 0 Å². The second-order valence-corrected chi connectivity index (χ2v) is 8.62. The number of aromatic nitrogens is 3. The SMILES string of the molecule is CCCn1cnnc1C1CN(C(=O)CN2CCCCCC2)CC12CCC2. The fraction of sp³-hybridized carbons (Fsp3) is 0.850. The second-order valence-electron chi connectivity index (χ2n) is 8.62. The minimum Gasteiger partial charge on any atom is -0.340 e. The lowest BCUT2D eigenvalue weighted by atomic mass is 9.62. The van der Waals surface area contributed by atoms with E-state index in [4.69, 9.17) is 0 Å². The smallest absolute Gasteiger partial charge is 0.236 e. The van der Waals surface area contributed by atoms with E-state index < -0.39 is 0 Å².